The van der Waals surface area contributed by atoms with Gasteiger partial charge in [-0.25, -0.2) is 0 Å². The van der Waals surface area contributed by atoms with Gasteiger partial charge in [-0.1, -0.05) is 13.8 Å². The van der Waals surface area contributed by atoms with Gasteiger partial charge in [-0.15, -0.1) is 0 Å². The highest BCUT2D eigenvalue weighted by atomic mass is 16.5. The first-order valence-electron chi connectivity index (χ1n) is 3.80. The van der Waals surface area contributed by atoms with E-state index in [1.807, 2.05) is 12.1 Å². The first-order chi connectivity index (χ1) is 5.24. The summed E-state index contributed by atoms with van der Waals surface area (Å²) in [5.74, 6) is 1.53. The molecule has 0 heterocycles. The van der Waals surface area contributed by atoms with Crippen LogP contribution < -0.4 is 0 Å². The Bertz CT molecular complexity index is 211. The summed E-state index contributed by atoms with van der Waals surface area (Å²) in [5.41, 5.74) is 1.34. The summed E-state index contributed by atoms with van der Waals surface area (Å²) in [4.78, 5) is 0. The van der Waals surface area contributed by atoms with E-state index in [-0.39, 0.29) is 0 Å². The summed E-state index contributed by atoms with van der Waals surface area (Å²) in [7, 11) is 3.46. The van der Waals surface area contributed by atoms with Crippen LogP contribution in [-0.4, -0.2) is 4.74 Å². The Morgan fingerprint density at radius 3 is 2.09 bits per heavy atom. The predicted molar refractivity (Wildman–Crippen MR) is 47.6 cm³/mol. The summed E-state index contributed by atoms with van der Waals surface area (Å²) in [6.07, 6.45) is 0. The zero-order chi connectivity index (χ0) is 8.27. The van der Waals surface area contributed by atoms with Crippen LogP contribution in [0.3, 0.4) is 0 Å². The van der Waals surface area contributed by atoms with Crippen LogP contribution in [0, 0.1) is 7.11 Å². The van der Waals surface area contributed by atoms with Gasteiger partial charge in [-0.2, -0.15) is 0 Å². The molecule has 11 heavy (non-hydrogen) atoms. The Hall–Kier alpha value is -0.980. The molecule has 0 saturated heterocycles. The van der Waals surface area contributed by atoms with E-state index in [0.29, 0.717) is 5.92 Å². The molecule has 1 rings (SSSR count). The number of benzene rings is 1. The lowest BCUT2D eigenvalue weighted by molar-refractivity contribution is 0.186. The Morgan fingerprint density at radius 1 is 1.18 bits per heavy atom. The average molecular weight is 150 g/mol. The molecule has 0 unspecified atom stereocenters. The minimum atomic E-state index is 0.592. The van der Waals surface area contributed by atoms with Gasteiger partial charge in [0.05, 0.1) is 0 Å². The van der Waals surface area contributed by atoms with Gasteiger partial charge < -0.3 is 4.74 Å². The molecule has 0 atom stereocenters. The van der Waals surface area contributed by atoms with Crippen LogP contribution >= 0.6 is 0 Å². The molecule has 0 aliphatic heterocycles. The van der Waals surface area contributed by atoms with Gasteiger partial charge >= 0.3 is 0 Å². The van der Waals surface area contributed by atoms with E-state index >= 15 is 0 Å². The average Bonchev–Trinajstić information content (AvgIpc) is 2.05. The van der Waals surface area contributed by atoms with Crippen LogP contribution in [0.15, 0.2) is 24.3 Å². The lowest BCUT2D eigenvalue weighted by Crippen LogP contribution is -1.85. The summed E-state index contributed by atoms with van der Waals surface area (Å²) in [5, 5.41) is 0. The van der Waals surface area contributed by atoms with Crippen LogP contribution in [0.1, 0.15) is 25.3 Å². The Labute approximate surface area is 68.0 Å². The van der Waals surface area contributed by atoms with Gasteiger partial charge in [0.1, 0.15) is 0 Å². The molecular weight excluding hydrogens is 136 g/mol. The largest absolute Gasteiger partial charge is 0.722 e. The monoisotopic (exact) mass is 150 g/mol. The van der Waals surface area contributed by atoms with Crippen molar-refractivity contribution < 1.29 is 4.74 Å². The van der Waals surface area contributed by atoms with E-state index in [2.05, 4.69) is 37.8 Å². The number of aliphatic hydroxyl groups is 1. The highest BCUT2D eigenvalue weighted by Gasteiger charge is 1.98. The molecule has 60 valence electrons. The molecular formula is C10H14O. The molecule has 0 spiro atoms. The third-order valence-electron chi connectivity index (χ3n) is 1.74. The standard InChI is InChI=1S/C10H14O/c1-8(2)9-4-6-10(11-3)7-5-9/h4-8,11H,3H2,1-2H3. The lowest BCUT2D eigenvalue weighted by Gasteiger charge is -2.06. The molecule has 1 nitrogen and oxygen atoms in total. The Kier molecular flexibility index (Phi) is 2.53. The van der Waals surface area contributed by atoms with Crippen molar-refractivity contribution in [2.24, 2.45) is 0 Å². The normalized spacial score (nSPS) is 10.2. The minimum Gasteiger partial charge on any atom is -0.722 e. The molecule has 0 bridgehead atoms. The van der Waals surface area contributed by atoms with E-state index in [1.165, 1.54) is 5.56 Å². The van der Waals surface area contributed by atoms with E-state index in [0.717, 1.165) is 5.75 Å². The highest BCUT2D eigenvalue weighted by molar-refractivity contribution is 5.28. The van der Waals surface area contributed by atoms with E-state index < -0.39 is 0 Å². The van der Waals surface area contributed by atoms with E-state index in [4.69, 9.17) is 0 Å². The first-order valence-corrected chi connectivity index (χ1v) is 3.80. The summed E-state index contributed by atoms with van der Waals surface area (Å²) >= 11 is 0. The molecule has 0 amide bonds. The van der Waals surface area contributed by atoms with Gasteiger partial charge in [0.25, 0.3) is 0 Å². The minimum absolute atomic E-state index is 0.592. The number of rotatable bonds is 2. The van der Waals surface area contributed by atoms with Crippen LogP contribution in [0.4, 0.5) is 0 Å². The lowest BCUT2D eigenvalue weighted by atomic mass is 10.0. The molecule has 0 fully saturated rings. The van der Waals surface area contributed by atoms with Crippen LogP contribution in [0.5, 0.6) is 5.75 Å². The topological polar surface area (TPSA) is 12.8 Å². The fourth-order valence-electron chi connectivity index (χ4n) is 0.965. The van der Waals surface area contributed by atoms with Crippen LogP contribution in [0.25, 0.3) is 0 Å². The number of hydrogen-bond donors (Lipinski definition) is 0. The van der Waals surface area contributed by atoms with Crippen molar-refractivity contribution in [3.63, 3.8) is 0 Å². The Morgan fingerprint density at radius 2 is 1.73 bits per heavy atom. The van der Waals surface area contributed by atoms with Gasteiger partial charge in [0.2, 0.25) is 5.75 Å². The zero-order valence-corrected chi connectivity index (χ0v) is 7.04. The molecule has 0 aliphatic carbocycles. The quantitative estimate of drug-likeness (QED) is 0.454. The molecule has 0 aliphatic rings. The molecule has 0 saturated carbocycles. The van der Waals surface area contributed by atoms with Gasteiger partial charge in [-0.05, 0) is 30.7 Å². The Balaban J connectivity index is 2.83. The number of hydrogen-bond acceptors (Lipinski definition) is 0. The fraction of sp³-hybridized carbons (Fsp3) is 0.300. The third kappa shape index (κ3) is 1.97. The van der Waals surface area contributed by atoms with Crippen LogP contribution in [-0.2, 0) is 0 Å². The van der Waals surface area contributed by atoms with Crippen molar-refractivity contribution in [3.8, 4) is 5.75 Å². The molecule has 1 N–H and O–H groups in total. The molecule has 1 aromatic carbocycles. The number of aromatic hydroxyl groups is 1. The van der Waals surface area contributed by atoms with Crippen molar-refractivity contribution in [1.82, 2.24) is 0 Å². The van der Waals surface area contributed by atoms with Gasteiger partial charge in [-0.3, -0.25) is 0 Å². The second-order valence-corrected chi connectivity index (χ2v) is 2.90. The van der Waals surface area contributed by atoms with Crippen molar-refractivity contribution in [2.75, 3.05) is 0 Å². The smallest absolute Gasteiger partial charge is 0.225 e. The summed E-state index contributed by atoms with van der Waals surface area (Å²) in [6, 6.07) is 8.16. The second kappa shape index (κ2) is 3.42. The van der Waals surface area contributed by atoms with Crippen molar-refractivity contribution in [2.45, 2.75) is 19.8 Å². The van der Waals surface area contributed by atoms with Crippen molar-refractivity contribution in [3.05, 3.63) is 36.9 Å². The van der Waals surface area contributed by atoms with E-state index in [9.17, 15) is 0 Å². The zero-order valence-electron chi connectivity index (χ0n) is 7.04. The molecule has 1 heteroatoms. The first kappa shape index (κ1) is 8.12. The molecule has 1 aromatic rings. The van der Waals surface area contributed by atoms with E-state index in [1.54, 1.807) is 0 Å². The third-order valence-corrected chi connectivity index (χ3v) is 1.74. The summed E-state index contributed by atoms with van der Waals surface area (Å²) < 4.78 is 3.82. The van der Waals surface area contributed by atoms with Crippen molar-refractivity contribution in [1.29, 1.82) is 0 Å². The second-order valence-electron chi connectivity index (χ2n) is 2.90. The van der Waals surface area contributed by atoms with Gasteiger partial charge in [0.15, 0.2) is 0 Å². The van der Waals surface area contributed by atoms with Crippen LogP contribution in [0.2, 0.25) is 0 Å². The highest BCUT2D eigenvalue weighted by Crippen LogP contribution is 2.18. The van der Waals surface area contributed by atoms with Crippen molar-refractivity contribution >= 4 is 0 Å². The maximum absolute atomic E-state index is 3.82. The fourth-order valence-corrected chi connectivity index (χ4v) is 0.965. The SMILES string of the molecule is [CH2-][OH+]c1ccc(C(C)C)cc1. The number of ether oxygens (including phenoxy) is 1. The molecule has 0 aromatic heterocycles. The molecule has 0 radical (unpaired) electrons. The summed E-state index contributed by atoms with van der Waals surface area (Å²) in [6.45, 7) is 4.35. The maximum Gasteiger partial charge on any atom is 0.225 e. The maximum atomic E-state index is 3.82. The predicted octanol–water partition coefficient (Wildman–Crippen LogP) is 2.84. The van der Waals surface area contributed by atoms with Gasteiger partial charge in [0, 0.05) is 12.1 Å².